The fourth-order valence-electron chi connectivity index (χ4n) is 0.661. The summed E-state index contributed by atoms with van der Waals surface area (Å²) >= 11 is 0. The molecular weight excluding hydrogens is 264 g/mol. The Bertz CT molecular complexity index is 250. The highest BCUT2D eigenvalue weighted by atomic mass is 16.5. The van der Waals surface area contributed by atoms with Crippen LogP contribution in [0.25, 0.3) is 0 Å². The van der Waals surface area contributed by atoms with Crippen LogP contribution in [-0.4, -0.2) is 88.5 Å². The zero-order valence-electron chi connectivity index (χ0n) is 13.8. The van der Waals surface area contributed by atoms with Gasteiger partial charge in [-0.05, 0) is 14.1 Å². The van der Waals surface area contributed by atoms with E-state index in [4.69, 9.17) is 9.84 Å². The minimum atomic E-state index is -1.00. The summed E-state index contributed by atoms with van der Waals surface area (Å²) in [5.74, 6) is -1.75. The second-order valence-corrected chi connectivity index (χ2v) is 5.36. The molecule has 0 aromatic carbocycles. The van der Waals surface area contributed by atoms with Crippen molar-refractivity contribution in [1.29, 1.82) is 0 Å². The van der Waals surface area contributed by atoms with Crippen molar-refractivity contribution >= 4 is 11.9 Å². The van der Waals surface area contributed by atoms with Gasteiger partial charge >= 0.3 is 5.97 Å². The predicted molar refractivity (Wildman–Crippen MR) is 76.3 cm³/mol. The van der Waals surface area contributed by atoms with Gasteiger partial charge < -0.3 is 29.1 Å². The van der Waals surface area contributed by atoms with Crippen LogP contribution in [0.3, 0.4) is 0 Å². The summed E-state index contributed by atoms with van der Waals surface area (Å²) in [6.07, 6.45) is 0.222. The highest BCUT2D eigenvalue weighted by molar-refractivity contribution is 5.66. The molecule has 0 aliphatic carbocycles. The van der Waals surface area contributed by atoms with Crippen LogP contribution in [0.2, 0.25) is 0 Å². The fourth-order valence-corrected chi connectivity index (χ4v) is 0.661. The number of carboxylic acid groups (broad SMARTS) is 2. The van der Waals surface area contributed by atoms with Crippen molar-refractivity contribution in [1.82, 2.24) is 4.90 Å². The van der Waals surface area contributed by atoms with Crippen molar-refractivity contribution < 1.29 is 29.0 Å². The summed E-state index contributed by atoms with van der Waals surface area (Å²) in [6.45, 7) is 3.51. The van der Waals surface area contributed by atoms with Crippen molar-refractivity contribution in [2.24, 2.45) is 0 Å². The Balaban J connectivity index is -0.000000223. The zero-order chi connectivity index (χ0) is 16.8. The first-order valence-electron chi connectivity index (χ1n) is 6.32. The summed E-state index contributed by atoms with van der Waals surface area (Å²) in [5.41, 5.74) is 0. The molecular formula is C13H30N2O5. The third kappa shape index (κ3) is 43.7. The summed E-state index contributed by atoms with van der Waals surface area (Å²) in [6, 6.07) is 0. The van der Waals surface area contributed by atoms with Gasteiger partial charge in [0.2, 0.25) is 0 Å². The maximum atomic E-state index is 9.89. The quantitative estimate of drug-likeness (QED) is 0.640. The Hall–Kier alpha value is -1.18. The summed E-state index contributed by atoms with van der Waals surface area (Å²) < 4.78 is 5.23. The van der Waals surface area contributed by atoms with Crippen LogP contribution in [0.15, 0.2) is 0 Å². The van der Waals surface area contributed by atoms with Gasteiger partial charge in [0.25, 0.3) is 0 Å². The Morgan fingerprint density at radius 3 is 1.70 bits per heavy atom. The van der Waals surface area contributed by atoms with Gasteiger partial charge in [0.1, 0.15) is 6.54 Å². The molecule has 0 unspecified atom stereocenters. The number of rotatable bonds is 6. The maximum absolute atomic E-state index is 9.89. The normalized spacial score (nSPS) is 10.0. The second kappa shape index (κ2) is 14.2. The van der Waals surface area contributed by atoms with E-state index in [9.17, 15) is 14.7 Å². The minimum Gasteiger partial charge on any atom is -0.544 e. The molecule has 0 radical (unpaired) electrons. The first-order valence-corrected chi connectivity index (χ1v) is 6.32. The van der Waals surface area contributed by atoms with E-state index in [1.54, 1.807) is 35.2 Å². The van der Waals surface area contributed by atoms with Crippen LogP contribution in [-0.2, 0) is 14.3 Å². The zero-order valence-corrected chi connectivity index (χ0v) is 13.8. The van der Waals surface area contributed by atoms with Gasteiger partial charge in [-0.3, -0.25) is 4.79 Å². The van der Waals surface area contributed by atoms with Crippen molar-refractivity contribution in [3.63, 3.8) is 0 Å². The standard InChI is InChI=1S/C5H11NO2.C5H13NO.C3H6O2/c1-6(2,3)4-5(7)8;1-6(2)4-5-7-3;1-2-3(4)5/h4H2,1-3H3;4-5H2,1-3H3;2H2,1H3,(H,4,5). The molecule has 0 saturated carbocycles. The van der Waals surface area contributed by atoms with Crippen LogP contribution in [0.5, 0.6) is 0 Å². The van der Waals surface area contributed by atoms with Crippen molar-refractivity contribution in [3.8, 4) is 0 Å². The number of methoxy groups -OCH3 is 1. The van der Waals surface area contributed by atoms with Gasteiger partial charge in [0.15, 0.2) is 0 Å². The number of nitrogens with zero attached hydrogens (tertiary/aromatic N) is 2. The molecule has 122 valence electrons. The number of likely N-dealkylation sites (N-methyl/N-ethyl adjacent to an activating group) is 2. The molecule has 0 saturated heterocycles. The molecule has 0 fully saturated rings. The van der Waals surface area contributed by atoms with Crippen LogP contribution in [0, 0.1) is 0 Å². The number of aliphatic carboxylic acids is 2. The fraction of sp³-hybridized carbons (Fsp3) is 0.846. The molecule has 0 bridgehead atoms. The van der Waals surface area contributed by atoms with E-state index in [2.05, 4.69) is 4.90 Å². The molecule has 0 amide bonds. The molecule has 1 N–H and O–H groups in total. The first kappa shape index (κ1) is 23.9. The number of hydrogen-bond acceptors (Lipinski definition) is 5. The highest BCUT2D eigenvalue weighted by Crippen LogP contribution is 1.84. The predicted octanol–water partition coefficient (Wildman–Crippen LogP) is -0.882. The van der Waals surface area contributed by atoms with Crippen molar-refractivity contribution in [2.45, 2.75) is 13.3 Å². The van der Waals surface area contributed by atoms with E-state index >= 15 is 0 Å². The number of carboxylic acids is 2. The molecule has 7 heteroatoms. The van der Waals surface area contributed by atoms with Gasteiger partial charge in [-0.25, -0.2) is 0 Å². The average molecular weight is 294 g/mol. The summed E-state index contributed by atoms with van der Waals surface area (Å²) in [5, 5.41) is 17.6. The van der Waals surface area contributed by atoms with Crippen LogP contribution >= 0.6 is 0 Å². The monoisotopic (exact) mass is 294 g/mol. The van der Waals surface area contributed by atoms with Crippen molar-refractivity contribution in [2.75, 3.05) is 62.0 Å². The van der Waals surface area contributed by atoms with E-state index in [1.807, 2.05) is 14.1 Å². The smallest absolute Gasteiger partial charge is 0.303 e. The Morgan fingerprint density at radius 1 is 1.25 bits per heavy atom. The lowest BCUT2D eigenvalue weighted by Crippen LogP contribution is -2.45. The number of ether oxygens (including phenoxy) is 1. The lowest BCUT2D eigenvalue weighted by atomic mass is 10.5. The molecule has 0 aromatic heterocycles. The van der Waals surface area contributed by atoms with Crippen LogP contribution in [0.1, 0.15) is 13.3 Å². The molecule has 0 atom stereocenters. The molecule has 0 heterocycles. The number of carbonyl (C=O) groups is 2. The van der Waals surface area contributed by atoms with Gasteiger partial charge in [-0.15, -0.1) is 0 Å². The highest BCUT2D eigenvalue weighted by Gasteiger charge is 2.04. The number of hydrogen-bond donors (Lipinski definition) is 1. The molecule has 0 aliphatic rings. The SMILES string of the molecule is CCC(=O)O.COCCN(C)C.C[N+](C)(C)CC(=O)[O-]. The maximum Gasteiger partial charge on any atom is 0.303 e. The Kier molecular flexibility index (Phi) is 17.0. The third-order valence-electron chi connectivity index (χ3n) is 1.65. The van der Waals surface area contributed by atoms with Crippen molar-refractivity contribution in [3.05, 3.63) is 0 Å². The number of carbonyl (C=O) groups excluding carboxylic acids is 1. The largest absolute Gasteiger partial charge is 0.544 e. The lowest BCUT2D eigenvalue weighted by Gasteiger charge is -2.23. The van der Waals surface area contributed by atoms with Gasteiger partial charge in [-0.2, -0.15) is 0 Å². The lowest BCUT2D eigenvalue weighted by molar-refractivity contribution is -0.864. The Morgan fingerprint density at radius 2 is 1.65 bits per heavy atom. The van der Waals surface area contributed by atoms with Crippen LogP contribution < -0.4 is 5.11 Å². The third-order valence-corrected chi connectivity index (χ3v) is 1.65. The molecule has 7 nitrogen and oxygen atoms in total. The van der Waals surface area contributed by atoms with Gasteiger partial charge in [0, 0.05) is 20.1 Å². The molecule has 0 aliphatic heterocycles. The van der Waals surface area contributed by atoms with E-state index < -0.39 is 11.9 Å². The first-order chi connectivity index (χ1) is 8.96. The van der Waals surface area contributed by atoms with Crippen LogP contribution in [0.4, 0.5) is 0 Å². The van der Waals surface area contributed by atoms with E-state index in [0.29, 0.717) is 4.48 Å². The molecule has 0 spiro atoms. The molecule has 0 aromatic rings. The Labute approximate surface area is 122 Å². The van der Waals surface area contributed by atoms with E-state index in [1.165, 1.54) is 0 Å². The minimum absolute atomic E-state index is 0.0694. The average Bonchev–Trinajstić information content (AvgIpc) is 2.24. The molecule has 20 heavy (non-hydrogen) atoms. The second-order valence-electron chi connectivity index (χ2n) is 5.36. The topological polar surface area (TPSA) is 89.9 Å². The van der Waals surface area contributed by atoms with Gasteiger partial charge in [0.05, 0.1) is 33.7 Å². The summed E-state index contributed by atoms with van der Waals surface area (Å²) in [4.78, 5) is 21.3. The molecule has 0 rings (SSSR count). The van der Waals surface area contributed by atoms with Gasteiger partial charge in [-0.1, -0.05) is 6.92 Å². The van der Waals surface area contributed by atoms with E-state index in [-0.39, 0.29) is 13.0 Å². The van der Waals surface area contributed by atoms with E-state index in [0.717, 1.165) is 13.2 Å². The number of quaternary nitrogens is 1. The summed E-state index contributed by atoms with van der Waals surface area (Å²) in [7, 11) is 11.2.